The predicted octanol–water partition coefficient (Wildman–Crippen LogP) is 5.19. The Balaban J connectivity index is 2.35. The van der Waals surface area contributed by atoms with E-state index in [1.807, 2.05) is 6.92 Å². The lowest BCUT2D eigenvalue weighted by atomic mass is 9.99. The van der Waals surface area contributed by atoms with Gasteiger partial charge in [0.05, 0.1) is 4.90 Å². The van der Waals surface area contributed by atoms with Crippen LogP contribution < -0.4 is 4.72 Å². The lowest BCUT2D eigenvalue weighted by molar-refractivity contribution is 0.459. The molecule has 0 amide bonds. The first-order valence-corrected chi connectivity index (χ1v) is 10.8. The van der Waals surface area contributed by atoms with Crippen LogP contribution in [0, 0.1) is 6.92 Å². The first kappa shape index (κ1) is 20.3. The van der Waals surface area contributed by atoms with Crippen LogP contribution >= 0.6 is 0 Å². The number of aromatic hydroxyl groups is 1. The number of hydrogen-bond donors (Lipinski definition) is 2. The van der Waals surface area contributed by atoms with Crippen molar-refractivity contribution >= 4 is 15.7 Å². The Bertz CT molecular complexity index is 798. The van der Waals surface area contributed by atoms with Crippen LogP contribution in [0.3, 0.4) is 0 Å². The molecule has 4 nitrogen and oxygen atoms in total. The number of phenols is 1. The summed E-state index contributed by atoms with van der Waals surface area (Å²) < 4.78 is 28.0. The van der Waals surface area contributed by atoms with E-state index in [1.54, 1.807) is 36.4 Å². The summed E-state index contributed by atoms with van der Waals surface area (Å²) in [6, 6.07) is 10.3. The van der Waals surface area contributed by atoms with E-state index in [2.05, 4.69) is 18.6 Å². The molecule has 26 heavy (non-hydrogen) atoms. The Morgan fingerprint density at radius 3 is 1.88 bits per heavy atom. The van der Waals surface area contributed by atoms with E-state index >= 15 is 0 Å². The summed E-state index contributed by atoms with van der Waals surface area (Å²) in [6.45, 7) is 6.11. The van der Waals surface area contributed by atoms with Gasteiger partial charge in [-0.1, -0.05) is 44.4 Å². The van der Waals surface area contributed by atoms with Crippen LogP contribution in [-0.4, -0.2) is 13.5 Å². The summed E-state index contributed by atoms with van der Waals surface area (Å²) in [5, 5.41) is 10.5. The summed E-state index contributed by atoms with van der Waals surface area (Å²) in [5.74, 6) is 0.310. The number of unbranched alkanes of at least 4 members (excludes halogenated alkanes) is 2. The summed E-state index contributed by atoms with van der Waals surface area (Å²) in [4.78, 5) is 0.237. The number of sulfonamides is 1. The van der Waals surface area contributed by atoms with Gasteiger partial charge in [0.2, 0.25) is 0 Å². The van der Waals surface area contributed by atoms with E-state index in [1.165, 1.54) is 0 Å². The molecule has 2 aromatic rings. The molecular formula is C21H29NO3S. The van der Waals surface area contributed by atoms with E-state index < -0.39 is 10.0 Å². The summed E-state index contributed by atoms with van der Waals surface area (Å²) >= 11 is 0. The van der Waals surface area contributed by atoms with Crippen LogP contribution in [0.15, 0.2) is 41.3 Å². The Hall–Kier alpha value is -2.01. The van der Waals surface area contributed by atoms with E-state index in [0.29, 0.717) is 11.4 Å². The Morgan fingerprint density at radius 1 is 0.923 bits per heavy atom. The number of benzene rings is 2. The van der Waals surface area contributed by atoms with Crippen molar-refractivity contribution in [2.45, 2.75) is 64.2 Å². The second-order valence-electron chi connectivity index (χ2n) is 6.77. The summed E-state index contributed by atoms with van der Waals surface area (Å²) in [7, 11) is -3.65. The van der Waals surface area contributed by atoms with Crippen molar-refractivity contribution in [2.24, 2.45) is 0 Å². The maximum Gasteiger partial charge on any atom is 0.261 e. The van der Waals surface area contributed by atoms with Crippen molar-refractivity contribution in [3.8, 4) is 5.75 Å². The first-order valence-electron chi connectivity index (χ1n) is 9.31. The number of hydrogen-bond acceptors (Lipinski definition) is 3. The number of anilines is 1. The lowest BCUT2D eigenvalue weighted by Crippen LogP contribution is -2.13. The van der Waals surface area contributed by atoms with Crippen LogP contribution in [0.2, 0.25) is 0 Å². The van der Waals surface area contributed by atoms with Crippen molar-refractivity contribution in [1.29, 1.82) is 0 Å². The number of rotatable bonds is 9. The van der Waals surface area contributed by atoms with Gasteiger partial charge in [0, 0.05) is 5.69 Å². The Labute approximate surface area is 157 Å². The molecule has 2 aromatic carbocycles. The van der Waals surface area contributed by atoms with Gasteiger partial charge in [0.15, 0.2) is 0 Å². The minimum atomic E-state index is -3.65. The van der Waals surface area contributed by atoms with Crippen molar-refractivity contribution in [2.75, 3.05) is 4.72 Å². The molecule has 0 aliphatic carbocycles. The molecule has 0 atom stereocenters. The van der Waals surface area contributed by atoms with Crippen LogP contribution in [0.5, 0.6) is 5.75 Å². The predicted molar refractivity (Wildman–Crippen MR) is 107 cm³/mol. The topological polar surface area (TPSA) is 66.4 Å². The zero-order chi connectivity index (χ0) is 19.2. The summed E-state index contributed by atoms with van der Waals surface area (Å²) in [6.07, 6.45) is 5.42. The number of nitrogens with one attached hydrogen (secondary N) is 1. The number of phenolic OH excluding ortho intramolecular Hbond substituents is 1. The minimum Gasteiger partial charge on any atom is -0.507 e. The fraction of sp³-hybridized carbons (Fsp3) is 0.429. The highest BCUT2D eigenvalue weighted by molar-refractivity contribution is 7.92. The second-order valence-corrected chi connectivity index (χ2v) is 8.45. The van der Waals surface area contributed by atoms with Crippen molar-refractivity contribution in [3.63, 3.8) is 0 Å². The van der Waals surface area contributed by atoms with E-state index in [-0.39, 0.29) is 4.90 Å². The highest BCUT2D eigenvalue weighted by atomic mass is 32.2. The fourth-order valence-electron chi connectivity index (χ4n) is 2.87. The largest absolute Gasteiger partial charge is 0.507 e. The van der Waals surface area contributed by atoms with E-state index in [0.717, 1.165) is 55.2 Å². The molecular weight excluding hydrogens is 346 g/mol. The third kappa shape index (κ3) is 5.24. The maximum absolute atomic E-state index is 12.7. The maximum atomic E-state index is 12.7. The zero-order valence-electron chi connectivity index (χ0n) is 15.9. The lowest BCUT2D eigenvalue weighted by Gasteiger charge is -2.15. The third-order valence-corrected chi connectivity index (χ3v) is 5.85. The van der Waals surface area contributed by atoms with Crippen LogP contribution in [-0.2, 0) is 22.9 Å². The van der Waals surface area contributed by atoms with Gasteiger partial charge in [-0.3, -0.25) is 4.72 Å². The molecule has 0 heterocycles. The van der Waals surface area contributed by atoms with Crippen molar-refractivity contribution < 1.29 is 13.5 Å². The molecule has 0 aromatic heterocycles. The molecule has 0 unspecified atom stereocenters. The van der Waals surface area contributed by atoms with Crippen LogP contribution in [0.4, 0.5) is 5.69 Å². The Kier molecular flexibility index (Phi) is 7.09. The normalized spacial score (nSPS) is 11.5. The van der Waals surface area contributed by atoms with Crippen molar-refractivity contribution in [1.82, 2.24) is 0 Å². The molecule has 0 radical (unpaired) electrons. The van der Waals surface area contributed by atoms with Crippen LogP contribution in [0.25, 0.3) is 0 Å². The van der Waals surface area contributed by atoms with Gasteiger partial charge in [0.25, 0.3) is 10.0 Å². The highest BCUT2D eigenvalue weighted by Gasteiger charge is 2.16. The van der Waals surface area contributed by atoms with Crippen molar-refractivity contribution in [3.05, 3.63) is 53.1 Å². The van der Waals surface area contributed by atoms with Gasteiger partial charge in [-0.05, 0) is 68.0 Å². The molecule has 5 heteroatoms. The van der Waals surface area contributed by atoms with Gasteiger partial charge in [-0.15, -0.1) is 0 Å². The SMILES string of the molecule is CCCCc1cc(NS(=O)(=O)c2ccc(C)cc2)cc(CCCC)c1O. The van der Waals surface area contributed by atoms with Gasteiger partial charge in [0.1, 0.15) is 5.75 Å². The molecule has 142 valence electrons. The molecule has 0 fully saturated rings. The Morgan fingerprint density at radius 2 is 1.42 bits per heavy atom. The van der Waals surface area contributed by atoms with Crippen LogP contribution in [0.1, 0.15) is 56.2 Å². The molecule has 2 rings (SSSR count). The fourth-order valence-corrected chi connectivity index (χ4v) is 3.91. The third-order valence-electron chi connectivity index (χ3n) is 4.45. The first-order chi connectivity index (χ1) is 12.4. The van der Waals surface area contributed by atoms with Gasteiger partial charge in [-0.25, -0.2) is 8.42 Å². The quantitative estimate of drug-likeness (QED) is 0.593. The summed E-state index contributed by atoms with van der Waals surface area (Å²) in [5.41, 5.74) is 3.14. The van der Waals surface area contributed by atoms with E-state index in [9.17, 15) is 13.5 Å². The second kappa shape index (κ2) is 9.08. The van der Waals surface area contributed by atoms with E-state index in [4.69, 9.17) is 0 Å². The van der Waals surface area contributed by atoms with Gasteiger partial charge < -0.3 is 5.11 Å². The monoisotopic (exact) mass is 375 g/mol. The molecule has 0 saturated carbocycles. The number of aryl methyl sites for hydroxylation is 3. The molecule has 0 aliphatic rings. The smallest absolute Gasteiger partial charge is 0.261 e. The molecule has 2 N–H and O–H groups in total. The average Bonchev–Trinajstić information content (AvgIpc) is 2.60. The minimum absolute atomic E-state index is 0.237. The average molecular weight is 376 g/mol. The molecule has 0 saturated heterocycles. The standard InChI is InChI=1S/C21H29NO3S/c1-4-6-8-17-14-19(15-18(21(17)23)9-7-5-2)22-26(24,25)20-12-10-16(3)11-13-20/h10-15,22-23H,4-9H2,1-3H3. The molecule has 0 aliphatic heterocycles. The van der Waals surface area contributed by atoms with Gasteiger partial charge >= 0.3 is 0 Å². The molecule has 0 bridgehead atoms. The zero-order valence-corrected chi connectivity index (χ0v) is 16.7. The molecule has 0 spiro atoms. The van der Waals surface area contributed by atoms with Gasteiger partial charge in [-0.2, -0.15) is 0 Å². The highest BCUT2D eigenvalue weighted by Crippen LogP contribution is 2.31.